The molecule has 0 unspecified atom stereocenters. The minimum Gasteiger partial charge on any atom is -0.394 e. The molecule has 0 aliphatic carbocycles. The van der Waals surface area contributed by atoms with Crippen LogP contribution in [0.15, 0.2) is 0 Å². The normalized spacial score (nSPS) is 21.4. The van der Waals surface area contributed by atoms with E-state index in [4.69, 9.17) is 10.2 Å². The molecule has 0 heterocycles. The topological polar surface area (TPSA) is 121 Å². The van der Waals surface area contributed by atoms with Gasteiger partial charge in [0, 0.05) is 0 Å². The van der Waals surface area contributed by atoms with E-state index in [1.54, 1.807) is 0 Å². The minimum atomic E-state index is -1.72. The Bertz CT molecular complexity index is 166. The highest BCUT2D eigenvalue weighted by Gasteiger charge is 2.37. The van der Waals surface area contributed by atoms with Crippen LogP contribution in [0.25, 0.3) is 0 Å². The summed E-state index contributed by atoms with van der Waals surface area (Å²) < 4.78 is 0. The van der Waals surface area contributed by atoms with Gasteiger partial charge in [-0.25, -0.2) is 0 Å². The van der Waals surface area contributed by atoms with Gasteiger partial charge in [0.05, 0.1) is 12.2 Å². The van der Waals surface area contributed by atoms with Crippen LogP contribution in [0.5, 0.6) is 0 Å². The standard InChI is InChI=1S/C8H18O6/c1-8(2,14)7(13)6(12)5(11)4(10)3-9/h4-7,9-14H,3H2,1-2H3/t4-,5-,6+,7-/m1/s1. The largest absolute Gasteiger partial charge is 0.394 e. The van der Waals surface area contributed by atoms with Gasteiger partial charge in [0.15, 0.2) is 0 Å². The Morgan fingerprint density at radius 3 is 1.71 bits per heavy atom. The molecule has 0 fully saturated rings. The van der Waals surface area contributed by atoms with Crippen LogP contribution < -0.4 is 0 Å². The maximum absolute atomic E-state index is 9.32. The summed E-state index contributed by atoms with van der Waals surface area (Å²) in [5.41, 5.74) is -1.60. The lowest BCUT2D eigenvalue weighted by Crippen LogP contribution is -2.53. The smallest absolute Gasteiger partial charge is 0.111 e. The van der Waals surface area contributed by atoms with Gasteiger partial charge in [-0.05, 0) is 13.8 Å². The Labute approximate surface area is 82.1 Å². The monoisotopic (exact) mass is 210 g/mol. The number of aliphatic hydroxyl groups excluding tert-OH is 5. The molecule has 4 atom stereocenters. The first-order valence-corrected chi connectivity index (χ1v) is 4.27. The lowest BCUT2D eigenvalue weighted by atomic mass is 9.92. The van der Waals surface area contributed by atoms with E-state index >= 15 is 0 Å². The van der Waals surface area contributed by atoms with Crippen LogP contribution in [0.2, 0.25) is 0 Å². The van der Waals surface area contributed by atoms with Crippen molar-refractivity contribution in [3.63, 3.8) is 0 Å². The number of aliphatic hydroxyl groups is 6. The SMILES string of the molecule is CC(C)(O)[C@H](O)[C@@H](O)[C@H](O)[C@H](O)CO. The zero-order chi connectivity index (χ0) is 11.5. The van der Waals surface area contributed by atoms with Crippen molar-refractivity contribution in [2.75, 3.05) is 6.61 Å². The Hall–Kier alpha value is -0.240. The molecule has 6 nitrogen and oxygen atoms in total. The second kappa shape index (κ2) is 5.01. The molecule has 0 amide bonds. The van der Waals surface area contributed by atoms with E-state index in [1.165, 1.54) is 13.8 Å². The van der Waals surface area contributed by atoms with Crippen LogP contribution in [-0.4, -0.2) is 67.3 Å². The van der Waals surface area contributed by atoms with Gasteiger partial charge >= 0.3 is 0 Å². The summed E-state index contributed by atoms with van der Waals surface area (Å²) >= 11 is 0. The molecule has 0 rings (SSSR count). The Morgan fingerprint density at radius 2 is 1.43 bits per heavy atom. The molecule has 0 bridgehead atoms. The Kier molecular flexibility index (Phi) is 4.93. The molecule has 0 aliphatic heterocycles. The van der Waals surface area contributed by atoms with Crippen LogP contribution in [0.3, 0.4) is 0 Å². The van der Waals surface area contributed by atoms with Crippen LogP contribution in [0.1, 0.15) is 13.8 Å². The highest BCUT2D eigenvalue weighted by atomic mass is 16.4. The average molecular weight is 210 g/mol. The summed E-state index contributed by atoms with van der Waals surface area (Å²) in [6, 6.07) is 0. The first kappa shape index (κ1) is 13.8. The van der Waals surface area contributed by atoms with Crippen molar-refractivity contribution in [2.45, 2.75) is 43.9 Å². The summed E-state index contributed by atoms with van der Waals surface area (Å²) in [5.74, 6) is 0. The average Bonchev–Trinajstić information content (AvgIpc) is 2.11. The van der Waals surface area contributed by atoms with E-state index < -0.39 is 36.6 Å². The van der Waals surface area contributed by atoms with E-state index in [-0.39, 0.29) is 0 Å². The third-order valence-electron chi connectivity index (χ3n) is 1.98. The fraction of sp³-hybridized carbons (Fsp3) is 1.00. The zero-order valence-corrected chi connectivity index (χ0v) is 8.20. The van der Waals surface area contributed by atoms with E-state index in [0.29, 0.717) is 0 Å². The maximum atomic E-state index is 9.32. The second-order valence-corrected chi connectivity index (χ2v) is 3.83. The predicted molar refractivity (Wildman–Crippen MR) is 47.4 cm³/mol. The lowest BCUT2D eigenvalue weighted by Gasteiger charge is -2.32. The predicted octanol–water partition coefficient (Wildman–Crippen LogP) is -2.81. The fourth-order valence-corrected chi connectivity index (χ4v) is 0.940. The van der Waals surface area contributed by atoms with Gasteiger partial charge in [-0.3, -0.25) is 0 Å². The Morgan fingerprint density at radius 1 is 1.00 bits per heavy atom. The number of hydrogen-bond donors (Lipinski definition) is 6. The summed E-state index contributed by atoms with van der Waals surface area (Å²) in [7, 11) is 0. The summed E-state index contributed by atoms with van der Waals surface area (Å²) in [5, 5.41) is 54.5. The van der Waals surface area contributed by atoms with Crippen LogP contribution >= 0.6 is 0 Å². The summed E-state index contributed by atoms with van der Waals surface area (Å²) in [6.45, 7) is 1.76. The van der Waals surface area contributed by atoms with Crippen molar-refractivity contribution in [2.24, 2.45) is 0 Å². The minimum absolute atomic E-state index is 0.739. The van der Waals surface area contributed by atoms with Gasteiger partial charge in [-0.1, -0.05) is 0 Å². The third kappa shape index (κ3) is 3.49. The molecule has 86 valence electrons. The van der Waals surface area contributed by atoms with Crippen molar-refractivity contribution < 1.29 is 30.6 Å². The third-order valence-corrected chi connectivity index (χ3v) is 1.98. The zero-order valence-electron chi connectivity index (χ0n) is 8.20. The van der Waals surface area contributed by atoms with Crippen molar-refractivity contribution in [3.05, 3.63) is 0 Å². The van der Waals surface area contributed by atoms with Crippen molar-refractivity contribution in [1.82, 2.24) is 0 Å². The molecule has 6 heteroatoms. The highest BCUT2D eigenvalue weighted by Crippen LogP contribution is 2.15. The molecule has 0 aromatic heterocycles. The number of hydrogen-bond acceptors (Lipinski definition) is 6. The molecule has 0 radical (unpaired) electrons. The maximum Gasteiger partial charge on any atom is 0.111 e. The first-order valence-electron chi connectivity index (χ1n) is 4.27. The van der Waals surface area contributed by atoms with Crippen LogP contribution in [0.4, 0.5) is 0 Å². The molecule has 0 saturated heterocycles. The van der Waals surface area contributed by atoms with E-state index in [9.17, 15) is 20.4 Å². The lowest BCUT2D eigenvalue weighted by molar-refractivity contribution is -0.162. The quantitative estimate of drug-likeness (QED) is 0.291. The van der Waals surface area contributed by atoms with E-state index in [1.807, 2.05) is 0 Å². The number of rotatable bonds is 5. The summed E-state index contributed by atoms with van der Waals surface area (Å²) in [4.78, 5) is 0. The van der Waals surface area contributed by atoms with Crippen LogP contribution in [0, 0.1) is 0 Å². The molecular formula is C8H18O6. The van der Waals surface area contributed by atoms with Crippen LogP contribution in [-0.2, 0) is 0 Å². The van der Waals surface area contributed by atoms with Gasteiger partial charge in [-0.15, -0.1) is 0 Å². The van der Waals surface area contributed by atoms with Gasteiger partial charge in [0.2, 0.25) is 0 Å². The molecule has 0 spiro atoms. The molecule has 6 N–H and O–H groups in total. The van der Waals surface area contributed by atoms with Crippen molar-refractivity contribution >= 4 is 0 Å². The van der Waals surface area contributed by atoms with Crippen molar-refractivity contribution in [3.8, 4) is 0 Å². The Balaban J connectivity index is 4.38. The van der Waals surface area contributed by atoms with E-state index in [2.05, 4.69) is 0 Å². The van der Waals surface area contributed by atoms with Gasteiger partial charge < -0.3 is 30.6 Å². The van der Waals surface area contributed by atoms with Gasteiger partial charge in [-0.2, -0.15) is 0 Å². The molecular weight excluding hydrogens is 192 g/mol. The first-order chi connectivity index (χ1) is 6.21. The molecule has 14 heavy (non-hydrogen) atoms. The van der Waals surface area contributed by atoms with Crippen molar-refractivity contribution in [1.29, 1.82) is 0 Å². The van der Waals surface area contributed by atoms with Gasteiger partial charge in [0.25, 0.3) is 0 Å². The molecule has 0 aromatic carbocycles. The highest BCUT2D eigenvalue weighted by molar-refractivity contribution is 4.88. The van der Waals surface area contributed by atoms with E-state index in [0.717, 1.165) is 0 Å². The summed E-state index contributed by atoms with van der Waals surface area (Å²) in [6.07, 6.45) is -6.60. The molecule has 0 aliphatic rings. The molecule has 0 aromatic rings. The second-order valence-electron chi connectivity index (χ2n) is 3.83. The molecule has 0 saturated carbocycles. The van der Waals surface area contributed by atoms with Gasteiger partial charge in [0.1, 0.15) is 24.4 Å². The fourth-order valence-electron chi connectivity index (χ4n) is 0.940.